The molecule has 104 valence electrons. The van der Waals surface area contributed by atoms with Gasteiger partial charge in [0.15, 0.2) is 5.60 Å². The second kappa shape index (κ2) is 3.88. The van der Waals surface area contributed by atoms with E-state index in [4.69, 9.17) is 4.74 Å². The Morgan fingerprint density at radius 1 is 1.26 bits per heavy atom. The van der Waals surface area contributed by atoms with Crippen LogP contribution in [0.15, 0.2) is 12.1 Å². The summed E-state index contributed by atoms with van der Waals surface area (Å²) in [6, 6.07) is 2.28. The quantitative estimate of drug-likeness (QED) is 0.726. The van der Waals surface area contributed by atoms with Gasteiger partial charge in [0.05, 0.1) is 11.3 Å². The van der Waals surface area contributed by atoms with Crippen LogP contribution in [0.5, 0.6) is 5.75 Å². The van der Waals surface area contributed by atoms with Crippen LogP contribution in [0.25, 0.3) is 0 Å². The van der Waals surface area contributed by atoms with Gasteiger partial charge in [-0.25, -0.2) is 0 Å². The Hall–Kier alpha value is -1.72. The second-order valence-corrected chi connectivity index (χ2v) is 5.11. The molecule has 1 heterocycles. The van der Waals surface area contributed by atoms with Crippen molar-refractivity contribution in [1.29, 1.82) is 0 Å². The third-order valence-corrected chi connectivity index (χ3v) is 3.16. The number of rotatable bonds is 0. The number of hydrogen-bond acceptors (Lipinski definition) is 2. The van der Waals surface area contributed by atoms with Crippen LogP contribution in [0.1, 0.15) is 25.0 Å². The van der Waals surface area contributed by atoms with Crippen molar-refractivity contribution in [2.24, 2.45) is 0 Å². The fraction of sp³-hybridized carbons (Fsp3) is 0.462. The molecule has 0 aliphatic carbocycles. The van der Waals surface area contributed by atoms with E-state index in [2.05, 4.69) is 0 Å². The van der Waals surface area contributed by atoms with Crippen molar-refractivity contribution in [1.82, 2.24) is 0 Å². The zero-order chi connectivity index (χ0) is 14.6. The first-order valence-corrected chi connectivity index (χ1v) is 5.73. The number of anilines is 1. The Morgan fingerprint density at radius 2 is 1.84 bits per heavy atom. The van der Waals surface area contributed by atoms with Crippen LogP contribution >= 0.6 is 0 Å². The van der Waals surface area contributed by atoms with Gasteiger partial charge in [0.1, 0.15) is 5.75 Å². The number of halogens is 3. The molecule has 0 unspecified atom stereocenters. The maximum Gasteiger partial charge on any atom is 0.416 e. The van der Waals surface area contributed by atoms with E-state index in [0.717, 1.165) is 6.07 Å². The fourth-order valence-electron chi connectivity index (χ4n) is 2.15. The molecule has 0 bridgehead atoms. The highest BCUT2D eigenvalue weighted by Gasteiger charge is 2.41. The molecule has 19 heavy (non-hydrogen) atoms. The van der Waals surface area contributed by atoms with E-state index in [1.54, 1.807) is 13.8 Å². The highest BCUT2D eigenvalue weighted by atomic mass is 19.4. The van der Waals surface area contributed by atoms with E-state index >= 15 is 0 Å². The van der Waals surface area contributed by atoms with Gasteiger partial charge < -0.3 is 9.64 Å². The van der Waals surface area contributed by atoms with Crippen molar-refractivity contribution >= 4 is 11.6 Å². The smallest absolute Gasteiger partial charge is 0.416 e. The highest BCUT2D eigenvalue weighted by molar-refractivity contribution is 6.02. The SMILES string of the molecule is Cc1cc2c(cc1C(F)(F)F)N(C)C(=O)C(C)(C)O2. The lowest BCUT2D eigenvalue weighted by Gasteiger charge is -2.37. The predicted octanol–water partition coefficient (Wildman–Crippen LogP) is 3.15. The minimum atomic E-state index is -4.45. The van der Waals surface area contributed by atoms with E-state index in [0.29, 0.717) is 0 Å². The first-order chi connectivity index (χ1) is 8.54. The standard InChI is InChI=1S/C13H14F3NO2/c1-7-5-10-9(6-8(7)13(14,15)16)17(4)11(18)12(2,3)19-10/h5-6H,1-4H3. The summed E-state index contributed by atoms with van der Waals surface area (Å²) < 4.78 is 44.0. The number of alkyl halides is 3. The average Bonchev–Trinajstić information content (AvgIpc) is 2.23. The molecule has 3 nitrogen and oxygen atoms in total. The molecule has 0 saturated heterocycles. The Kier molecular flexibility index (Phi) is 2.80. The maximum atomic E-state index is 12.9. The summed E-state index contributed by atoms with van der Waals surface area (Å²) in [5, 5.41) is 0. The second-order valence-electron chi connectivity index (χ2n) is 5.11. The number of aryl methyl sites for hydroxylation is 1. The monoisotopic (exact) mass is 273 g/mol. The Balaban J connectivity index is 2.62. The van der Waals surface area contributed by atoms with Crippen LogP contribution in [0.4, 0.5) is 18.9 Å². The third kappa shape index (κ3) is 2.15. The molecule has 1 amide bonds. The molecular weight excluding hydrogens is 259 g/mol. The van der Waals surface area contributed by atoms with E-state index in [9.17, 15) is 18.0 Å². The summed E-state index contributed by atoms with van der Waals surface area (Å²) in [6.45, 7) is 4.54. The lowest BCUT2D eigenvalue weighted by molar-refractivity contribution is -0.138. The molecule has 0 fully saturated rings. The van der Waals surface area contributed by atoms with E-state index < -0.39 is 17.3 Å². The van der Waals surface area contributed by atoms with Gasteiger partial charge in [0.2, 0.25) is 0 Å². The van der Waals surface area contributed by atoms with Crippen molar-refractivity contribution in [3.05, 3.63) is 23.3 Å². The van der Waals surface area contributed by atoms with Crippen LogP contribution in [0.2, 0.25) is 0 Å². The Bertz CT molecular complexity index is 550. The number of fused-ring (bicyclic) bond motifs is 1. The molecule has 0 atom stereocenters. The highest BCUT2D eigenvalue weighted by Crippen LogP contribution is 2.42. The molecule has 1 aromatic carbocycles. The van der Waals surface area contributed by atoms with Crippen LogP contribution in [0.3, 0.4) is 0 Å². The zero-order valence-electron chi connectivity index (χ0n) is 11.1. The topological polar surface area (TPSA) is 29.5 Å². The molecule has 0 radical (unpaired) electrons. The lowest BCUT2D eigenvalue weighted by Crippen LogP contribution is -2.51. The lowest BCUT2D eigenvalue weighted by atomic mass is 10.0. The maximum absolute atomic E-state index is 12.9. The van der Waals surface area contributed by atoms with Crippen LogP contribution in [-0.2, 0) is 11.0 Å². The summed E-state index contributed by atoms with van der Waals surface area (Å²) in [5.41, 5.74) is -1.62. The first kappa shape index (κ1) is 13.7. The third-order valence-electron chi connectivity index (χ3n) is 3.16. The average molecular weight is 273 g/mol. The molecular formula is C13H14F3NO2. The van der Waals surface area contributed by atoms with Gasteiger partial charge in [-0.05, 0) is 38.5 Å². The van der Waals surface area contributed by atoms with Gasteiger partial charge in [0, 0.05) is 7.05 Å². The van der Waals surface area contributed by atoms with Crippen LogP contribution in [0, 0.1) is 6.92 Å². The minimum absolute atomic E-state index is 0.0739. The number of nitrogens with zero attached hydrogens (tertiary/aromatic N) is 1. The van der Waals surface area contributed by atoms with Gasteiger partial charge >= 0.3 is 6.18 Å². The molecule has 1 aliphatic rings. The number of amides is 1. The van der Waals surface area contributed by atoms with Crippen molar-refractivity contribution < 1.29 is 22.7 Å². The number of likely N-dealkylation sites (N-methyl/N-ethyl adjacent to an activating group) is 1. The zero-order valence-corrected chi connectivity index (χ0v) is 11.1. The molecule has 0 N–H and O–H groups in total. The molecule has 0 spiro atoms. The van der Waals surface area contributed by atoms with Crippen molar-refractivity contribution in [3.8, 4) is 5.75 Å². The molecule has 1 aliphatic heterocycles. The summed E-state index contributed by atoms with van der Waals surface area (Å²) in [6.07, 6.45) is -4.45. The summed E-state index contributed by atoms with van der Waals surface area (Å²) in [7, 11) is 1.45. The molecule has 2 rings (SSSR count). The number of carbonyl (C=O) groups excluding carboxylic acids is 1. The predicted molar refractivity (Wildman–Crippen MR) is 64.3 cm³/mol. The van der Waals surface area contributed by atoms with E-state index in [-0.39, 0.29) is 22.9 Å². The summed E-state index contributed by atoms with van der Waals surface area (Å²) >= 11 is 0. The largest absolute Gasteiger partial charge is 0.476 e. The Labute approximate surface area is 109 Å². The van der Waals surface area contributed by atoms with Gasteiger partial charge in [-0.2, -0.15) is 13.2 Å². The van der Waals surface area contributed by atoms with E-state index in [1.165, 1.54) is 24.9 Å². The van der Waals surface area contributed by atoms with Crippen molar-refractivity contribution in [2.45, 2.75) is 32.5 Å². The van der Waals surface area contributed by atoms with Crippen LogP contribution in [-0.4, -0.2) is 18.6 Å². The number of hydrogen-bond donors (Lipinski definition) is 0. The number of benzene rings is 1. The van der Waals surface area contributed by atoms with E-state index in [1.807, 2.05) is 0 Å². The summed E-state index contributed by atoms with van der Waals surface area (Å²) in [4.78, 5) is 13.2. The van der Waals surface area contributed by atoms with Gasteiger partial charge in [-0.1, -0.05) is 0 Å². The van der Waals surface area contributed by atoms with Gasteiger partial charge in [-0.3, -0.25) is 4.79 Å². The molecule has 0 aromatic heterocycles. The Morgan fingerprint density at radius 3 is 2.37 bits per heavy atom. The molecule has 0 saturated carbocycles. The summed E-state index contributed by atoms with van der Waals surface area (Å²) in [5.74, 6) is -0.0884. The number of carbonyl (C=O) groups is 1. The van der Waals surface area contributed by atoms with Gasteiger partial charge in [-0.15, -0.1) is 0 Å². The number of ether oxygens (including phenoxy) is 1. The molecule has 6 heteroatoms. The first-order valence-electron chi connectivity index (χ1n) is 5.73. The normalized spacial score (nSPS) is 18.1. The molecule has 1 aromatic rings. The fourth-order valence-corrected chi connectivity index (χ4v) is 2.15. The van der Waals surface area contributed by atoms with Gasteiger partial charge in [0.25, 0.3) is 5.91 Å². The minimum Gasteiger partial charge on any atom is -0.476 e. The van der Waals surface area contributed by atoms with Crippen LogP contribution < -0.4 is 9.64 Å². The van der Waals surface area contributed by atoms with Crippen molar-refractivity contribution in [2.75, 3.05) is 11.9 Å². The van der Waals surface area contributed by atoms with Crippen molar-refractivity contribution in [3.63, 3.8) is 0 Å².